The summed E-state index contributed by atoms with van der Waals surface area (Å²) in [6, 6.07) is 26.4. The van der Waals surface area contributed by atoms with Gasteiger partial charge in [0.2, 0.25) is 0 Å². The summed E-state index contributed by atoms with van der Waals surface area (Å²) in [5, 5.41) is 6.24. The van der Waals surface area contributed by atoms with Crippen molar-refractivity contribution in [2.45, 2.75) is 12.5 Å². The number of rotatable bonds is 6. The topological polar surface area (TPSA) is 61.4 Å². The van der Waals surface area contributed by atoms with Crippen LogP contribution in [0.5, 0.6) is 0 Å². The molecule has 0 aromatic heterocycles. The van der Waals surface area contributed by atoms with E-state index in [1.807, 2.05) is 91.9 Å². The number of nitrogens with one attached hydrogen (secondary N) is 2. The SMILES string of the molecule is Cc1ccc(NCCN2C(=O)NC(c3ccccc3)(c3ccccc3)C2=O)cc1. The molecule has 146 valence electrons. The molecule has 3 aromatic carbocycles. The van der Waals surface area contributed by atoms with E-state index in [0.29, 0.717) is 6.54 Å². The average molecular weight is 385 g/mol. The molecule has 1 aliphatic rings. The standard InChI is InChI=1S/C24H23N3O2/c1-18-12-14-21(15-13-18)25-16-17-27-22(28)24(26-23(27)29,19-8-4-2-5-9-19)20-10-6-3-7-11-20/h2-15,25H,16-17H2,1H3,(H,26,29). The van der Waals surface area contributed by atoms with Crippen LogP contribution >= 0.6 is 0 Å². The quantitative estimate of drug-likeness (QED) is 0.633. The first kappa shape index (κ1) is 18.7. The van der Waals surface area contributed by atoms with Gasteiger partial charge in [0.05, 0.1) is 0 Å². The van der Waals surface area contributed by atoms with Gasteiger partial charge in [0.15, 0.2) is 5.54 Å². The van der Waals surface area contributed by atoms with Crippen molar-refractivity contribution < 1.29 is 9.59 Å². The van der Waals surface area contributed by atoms with Gasteiger partial charge >= 0.3 is 6.03 Å². The molecule has 29 heavy (non-hydrogen) atoms. The number of amides is 3. The predicted molar refractivity (Wildman–Crippen MR) is 114 cm³/mol. The highest BCUT2D eigenvalue weighted by Crippen LogP contribution is 2.35. The van der Waals surface area contributed by atoms with Gasteiger partial charge < -0.3 is 10.6 Å². The van der Waals surface area contributed by atoms with Crippen molar-refractivity contribution in [3.8, 4) is 0 Å². The number of benzene rings is 3. The minimum Gasteiger partial charge on any atom is -0.383 e. The lowest BCUT2D eigenvalue weighted by molar-refractivity contribution is -0.130. The Labute approximate surface area is 170 Å². The molecule has 1 fully saturated rings. The van der Waals surface area contributed by atoms with E-state index in [9.17, 15) is 9.59 Å². The van der Waals surface area contributed by atoms with E-state index in [2.05, 4.69) is 10.6 Å². The van der Waals surface area contributed by atoms with Crippen molar-refractivity contribution in [2.24, 2.45) is 0 Å². The Morgan fingerprint density at radius 3 is 1.93 bits per heavy atom. The highest BCUT2D eigenvalue weighted by Gasteiger charge is 2.53. The van der Waals surface area contributed by atoms with Crippen molar-refractivity contribution in [1.29, 1.82) is 0 Å². The molecule has 1 saturated heterocycles. The highest BCUT2D eigenvalue weighted by molar-refractivity contribution is 6.09. The number of aryl methyl sites for hydroxylation is 1. The molecule has 0 unspecified atom stereocenters. The second-order valence-corrected chi connectivity index (χ2v) is 7.16. The first-order chi connectivity index (χ1) is 14.1. The van der Waals surface area contributed by atoms with Crippen LogP contribution in [0.4, 0.5) is 10.5 Å². The molecule has 0 radical (unpaired) electrons. The van der Waals surface area contributed by atoms with Gasteiger partial charge in [0, 0.05) is 18.8 Å². The second-order valence-electron chi connectivity index (χ2n) is 7.16. The van der Waals surface area contributed by atoms with Gasteiger partial charge in [0.1, 0.15) is 0 Å². The maximum absolute atomic E-state index is 13.5. The fourth-order valence-electron chi connectivity index (χ4n) is 3.70. The average Bonchev–Trinajstić information content (AvgIpc) is 3.02. The number of nitrogens with zero attached hydrogens (tertiary/aromatic N) is 1. The molecule has 0 bridgehead atoms. The van der Waals surface area contributed by atoms with Crippen LogP contribution in [0.15, 0.2) is 84.9 Å². The Balaban J connectivity index is 1.59. The minimum atomic E-state index is -1.20. The Hall–Kier alpha value is -3.60. The first-order valence-corrected chi connectivity index (χ1v) is 9.67. The summed E-state index contributed by atoms with van der Waals surface area (Å²) in [6.45, 7) is 2.78. The smallest absolute Gasteiger partial charge is 0.325 e. The predicted octanol–water partition coefficient (Wildman–Crippen LogP) is 3.90. The van der Waals surface area contributed by atoms with E-state index in [1.165, 1.54) is 10.5 Å². The molecule has 0 saturated carbocycles. The lowest BCUT2D eigenvalue weighted by atomic mass is 9.82. The monoisotopic (exact) mass is 385 g/mol. The molecule has 0 atom stereocenters. The number of carbonyl (C=O) groups excluding carboxylic acids is 2. The Bertz CT molecular complexity index is 962. The van der Waals surface area contributed by atoms with Crippen molar-refractivity contribution in [1.82, 2.24) is 10.2 Å². The third-order valence-electron chi connectivity index (χ3n) is 5.24. The van der Waals surface area contributed by atoms with Gasteiger partial charge in [0.25, 0.3) is 5.91 Å². The number of carbonyl (C=O) groups is 2. The van der Waals surface area contributed by atoms with E-state index in [4.69, 9.17) is 0 Å². The molecule has 2 N–H and O–H groups in total. The van der Waals surface area contributed by atoms with Crippen LogP contribution in [0.25, 0.3) is 0 Å². The summed E-state index contributed by atoms with van der Waals surface area (Å²) < 4.78 is 0. The van der Waals surface area contributed by atoms with Crippen LogP contribution in [0.2, 0.25) is 0 Å². The fraction of sp³-hybridized carbons (Fsp3) is 0.167. The molecule has 3 amide bonds. The third-order valence-corrected chi connectivity index (χ3v) is 5.24. The van der Waals surface area contributed by atoms with Crippen molar-refractivity contribution >= 4 is 17.6 Å². The zero-order valence-corrected chi connectivity index (χ0v) is 16.3. The lowest BCUT2D eigenvalue weighted by Gasteiger charge is -2.28. The van der Waals surface area contributed by atoms with Gasteiger partial charge in [-0.25, -0.2) is 4.79 Å². The zero-order valence-electron chi connectivity index (χ0n) is 16.3. The molecule has 0 spiro atoms. The number of hydrogen-bond acceptors (Lipinski definition) is 3. The summed E-state index contributed by atoms with van der Waals surface area (Å²) in [4.78, 5) is 27.6. The van der Waals surface area contributed by atoms with E-state index in [1.54, 1.807) is 0 Å². The third kappa shape index (κ3) is 3.47. The molecule has 3 aromatic rings. The van der Waals surface area contributed by atoms with E-state index < -0.39 is 5.54 Å². The van der Waals surface area contributed by atoms with Crippen molar-refractivity contribution in [3.05, 3.63) is 102 Å². The molecule has 1 heterocycles. The van der Waals surface area contributed by atoms with Crippen molar-refractivity contribution in [2.75, 3.05) is 18.4 Å². The Kier molecular flexibility index (Phi) is 5.04. The molecule has 5 heteroatoms. The normalized spacial score (nSPS) is 15.3. The molecular formula is C24H23N3O2. The number of imide groups is 1. The van der Waals surface area contributed by atoms with Crippen LogP contribution in [0.3, 0.4) is 0 Å². The van der Waals surface area contributed by atoms with Crippen LogP contribution < -0.4 is 10.6 Å². The van der Waals surface area contributed by atoms with Crippen LogP contribution in [0, 0.1) is 6.92 Å². The maximum atomic E-state index is 13.5. The zero-order chi connectivity index (χ0) is 20.3. The largest absolute Gasteiger partial charge is 0.383 e. The Morgan fingerprint density at radius 1 is 0.828 bits per heavy atom. The summed E-state index contributed by atoms with van der Waals surface area (Å²) in [6.07, 6.45) is 0. The molecule has 1 aliphatic heterocycles. The summed E-state index contributed by atoms with van der Waals surface area (Å²) in [7, 11) is 0. The lowest BCUT2D eigenvalue weighted by Crippen LogP contribution is -2.45. The first-order valence-electron chi connectivity index (χ1n) is 9.67. The van der Waals surface area contributed by atoms with Crippen LogP contribution in [0.1, 0.15) is 16.7 Å². The minimum absolute atomic E-state index is 0.259. The summed E-state index contributed by atoms with van der Waals surface area (Å²) in [5.74, 6) is -0.259. The highest BCUT2D eigenvalue weighted by atomic mass is 16.2. The molecule has 4 rings (SSSR count). The number of urea groups is 1. The number of hydrogen-bond donors (Lipinski definition) is 2. The summed E-state index contributed by atoms with van der Waals surface area (Å²) in [5.41, 5.74) is 2.43. The van der Waals surface area contributed by atoms with Gasteiger partial charge in [-0.05, 0) is 30.2 Å². The molecule has 0 aliphatic carbocycles. The van der Waals surface area contributed by atoms with Gasteiger partial charge in [-0.15, -0.1) is 0 Å². The number of anilines is 1. The van der Waals surface area contributed by atoms with Gasteiger partial charge in [-0.3, -0.25) is 9.69 Å². The molecule has 5 nitrogen and oxygen atoms in total. The Morgan fingerprint density at radius 2 is 1.38 bits per heavy atom. The van der Waals surface area contributed by atoms with Crippen molar-refractivity contribution in [3.63, 3.8) is 0 Å². The maximum Gasteiger partial charge on any atom is 0.325 e. The molecular weight excluding hydrogens is 362 g/mol. The van der Waals surface area contributed by atoms with E-state index in [-0.39, 0.29) is 18.5 Å². The van der Waals surface area contributed by atoms with Gasteiger partial charge in [-0.1, -0.05) is 78.4 Å². The van der Waals surface area contributed by atoms with Gasteiger partial charge in [-0.2, -0.15) is 0 Å². The second kappa shape index (κ2) is 7.80. The van der Waals surface area contributed by atoms with Crippen LogP contribution in [-0.4, -0.2) is 29.9 Å². The van der Waals surface area contributed by atoms with Crippen LogP contribution in [-0.2, 0) is 10.3 Å². The van der Waals surface area contributed by atoms with E-state index in [0.717, 1.165) is 16.8 Å². The summed E-state index contributed by atoms with van der Waals surface area (Å²) >= 11 is 0. The van der Waals surface area contributed by atoms with E-state index >= 15 is 0 Å². The fourth-order valence-corrected chi connectivity index (χ4v) is 3.70.